The number of rotatable bonds is 16. The van der Waals surface area contributed by atoms with Crippen molar-refractivity contribution in [2.45, 2.75) is 105 Å². The number of carbonyl (C=O) groups is 4. The number of ether oxygens (including phenoxy) is 2. The molecule has 1 saturated heterocycles. The largest absolute Gasteiger partial charge is 0.525 e. The molecule has 2 aromatic carbocycles. The predicted molar refractivity (Wildman–Crippen MR) is 183 cm³/mol. The second-order valence-corrected chi connectivity index (χ2v) is 13.8. The predicted octanol–water partition coefficient (Wildman–Crippen LogP) is 5.39. The molecule has 48 heavy (non-hydrogen) atoms. The maximum Gasteiger partial charge on any atom is 0.525 e. The van der Waals surface area contributed by atoms with Crippen molar-refractivity contribution in [2.24, 2.45) is 11.8 Å². The maximum atomic E-state index is 14.9. The van der Waals surface area contributed by atoms with Crippen molar-refractivity contribution < 1.29 is 38.0 Å². The van der Waals surface area contributed by atoms with Gasteiger partial charge < -0.3 is 14.8 Å². The lowest BCUT2D eigenvalue weighted by molar-refractivity contribution is -0.818. The normalized spacial score (nSPS) is 19.3. The molecule has 0 bridgehead atoms. The summed E-state index contributed by atoms with van der Waals surface area (Å²) in [5.41, 5.74) is 3.43. The number of nitrogens with zero attached hydrogens (tertiary/aromatic N) is 1. The van der Waals surface area contributed by atoms with E-state index in [2.05, 4.69) is 23.0 Å². The molecular formula is C37H55N4O7+. The molecule has 0 aromatic heterocycles. The van der Waals surface area contributed by atoms with Crippen molar-refractivity contribution in [3.63, 3.8) is 0 Å². The second-order valence-electron chi connectivity index (χ2n) is 13.8. The first-order valence-electron chi connectivity index (χ1n) is 17.1. The summed E-state index contributed by atoms with van der Waals surface area (Å²) >= 11 is 0. The zero-order valence-corrected chi connectivity index (χ0v) is 29.5. The van der Waals surface area contributed by atoms with Crippen molar-refractivity contribution in [1.29, 1.82) is 0 Å². The lowest BCUT2D eigenvalue weighted by Crippen LogP contribution is -2.76. The van der Waals surface area contributed by atoms with E-state index in [1.165, 1.54) is 0 Å². The Morgan fingerprint density at radius 2 is 1.56 bits per heavy atom. The molecular weight excluding hydrogens is 612 g/mol. The van der Waals surface area contributed by atoms with Gasteiger partial charge in [-0.25, -0.2) is 10.3 Å². The topological polar surface area (TPSA) is 132 Å². The van der Waals surface area contributed by atoms with Crippen LogP contribution in [0.2, 0.25) is 0 Å². The number of imide groups is 1. The number of piperazine rings is 1. The van der Waals surface area contributed by atoms with Gasteiger partial charge in [-0.05, 0) is 44.2 Å². The van der Waals surface area contributed by atoms with Crippen LogP contribution in [0.1, 0.15) is 84.8 Å². The molecule has 0 aliphatic carbocycles. The Morgan fingerprint density at radius 3 is 2.15 bits per heavy atom. The monoisotopic (exact) mass is 667 g/mol. The SMILES string of the molecule is CCCCC[C@H](CC(=O)NOCc1ccccc1)C(=O)[N@+]1(C(=O)OCc2ccccc2)CCNC[C@H]1N[C@H](C(=O)OC(C)(C)C)C(C)C. The minimum atomic E-state index is -0.861. The van der Waals surface area contributed by atoms with Gasteiger partial charge in [0.05, 0.1) is 19.1 Å². The van der Waals surface area contributed by atoms with Gasteiger partial charge in [-0.3, -0.25) is 19.7 Å². The van der Waals surface area contributed by atoms with Crippen LogP contribution in [0, 0.1) is 11.8 Å². The highest BCUT2D eigenvalue weighted by molar-refractivity contribution is 5.87. The minimum Gasteiger partial charge on any atom is -0.459 e. The minimum absolute atomic E-state index is 0.0267. The summed E-state index contributed by atoms with van der Waals surface area (Å²) in [4.78, 5) is 61.4. The van der Waals surface area contributed by atoms with E-state index in [9.17, 15) is 19.2 Å². The van der Waals surface area contributed by atoms with Gasteiger partial charge in [-0.15, -0.1) is 4.48 Å². The van der Waals surface area contributed by atoms with Gasteiger partial charge in [0.15, 0.2) is 6.17 Å². The lowest BCUT2D eigenvalue weighted by atomic mass is 9.93. The lowest BCUT2D eigenvalue weighted by Gasteiger charge is -2.44. The number of quaternary nitrogens is 1. The molecule has 0 radical (unpaired) electrons. The molecule has 0 spiro atoms. The van der Waals surface area contributed by atoms with Crippen LogP contribution in [0.3, 0.4) is 0 Å². The third-order valence-corrected chi connectivity index (χ3v) is 8.34. The summed E-state index contributed by atoms with van der Waals surface area (Å²) in [5, 5.41) is 6.64. The Morgan fingerprint density at radius 1 is 0.938 bits per heavy atom. The highest BCUT2D eigenvalue weighted by atomic mass is 16.6. The zero-order chi connectivity index (χ0) is 35.2. The number of unbranched alkanes of at least 4 members (excludes halogenated alkanes) is 2. The fourth-order valence-corrected chi connectivity index (χ4v) is 5.82. The zero-order valence-electron chi connectivity index (χ0n) is 29.5. The van der Waals surface area contributed by atoms with Gasteiger partial charge in [0.2, 0.25) is 5.91 Å². The molecule has 11 heteroatoms. The van der Waals surface area contributed by atoms with Crippen molar-refractivity contribution in [1.82, 2.24) is 16.1 Å². The molecule has 3 amide bonds. The van der Waals surface area contributed by atoms with E-state index in [0.717, 1.165) is 24.0 Å². The summed E-state index contributed by atoms with van der Waals surface area (Å²) in [5.74, 6) is -2.37. The second kappa shape index (κ2) is 18.8. The van der Waals surface area contributed by atoms with E-state index < -0.39 is 52.1 Å². The number of esters is 1. The van der Waals surface area contributed by atoms with Crippen LogP contribution >= 0.6 is 0 Å². The van der Waals surface area contributed by atoms with E-state index in [0.29, 0.717) is 19.4 Å². The van der Waals surface area contributed by atoms with Crippen LogP contribution in [0.5, 0.6) is 0 Å². The van der Waals surface area contributed by atoms with Gasteiger partial charge in [0.25, 0.3) is 0 Å². The van der Waals surface area contributed by atoms with Crippen LogP contribution in [0.4, 0.5) is 4.79 Å². The highest BCUT2D eigenvalue weighted by Gasteiger charge is 2.57. The third-order valence-electron chi connectivity index (χ3n) is 8.34. The van der Waals surface area contributed by atoms with Crippen LogP contribution in [0.25, 0.3) is 0 Å². The molecule has 264 valence electrons. The molecule has 3 N–H and O–H groups in total. The van der Waals surface area contributed by atoms with Crippen LogP contribution < -0.4 is 16.1 Å². The first kappa shape index (κ1) is 38.8. The molecule has 1 aliphatic heterocycles. The number of hydrogen-bond acceptors (Lipinski definition) is 9. The average molecular weight is 668 g/mol. The van der Waals surface area contributed by atoms with E-state index in [-0.39, 0.29) is 38.6 Å². The molecule has 4 atom stereocenters. The standard InChI is InChI=1S/C37H54N4O7/c1-7-8-11-20-30(23-32(42)40-47-26-29-18-14-10-15-19-29)34(43)41(36(45)46-25-28-16-12-9-13-17-28)22-21-38-24-31(41)39-33(27(2)3)35(44)48-37(4,5)6/h9-10,12-19,27,30-31,33,38-39H,7-8,11,20-26H2,1-6H3/p+1/t30-,31+,33+,41+/m1/s1. The Balaban J connectivity index is 1.95. The number of nitrogens with one attached hydrogen (secondary N) is 3. The number of benzene rings is 2. The van der Waals surface area contributed by atoms with Crippen LogP contribution in [-0.4, -0.2) is 65.8 Å². The Labute approximate surface area is 285 Å². The fourth-order valence-electron chi connectivity index (χ4n) is 5.82. The van der Waals surface area contributed by atoms with Crippen LogP contribution in [-0.2, 0) is 41.9 Å². The third kappa shape index (κ3) is 11.5. The number of hydrogen-bond donors (Lipinski definition) is 3. The number of hydroxylamine groups is 1. The van der Waals surface area contributed by atoms with Crippen molar-refractivity contribution in [3.05, 3.63) is 71.8 Å². The van der Waals surface area contributed by atoms with E-state index in [1.807, 2.05) is 74.5 Å². The summed E-state index contributed by atoms with van der Waals surface area (Å²) in [6.07, 6.45) is 1.15. The van der Waals surface area contributed by atoms with E-state index in [4.69, 9.17) is 14.3 Å². The van der Waals surface area contributed by atoms with Gasteiger partial charge in [-0.1, -0.05) is 101 Å². The molecule has 11 nitrogen and oxygen atoms in total. The first-order chi connectivity index (χ1) is 22.9. The average Bonchev–Trinajstić information content (AvgIpc) is 3.05. The van der Waals surface area contributed by atoms with Gasteiger partial charge in [0.1, 0.15) is 24.8 Å². The van der Waals surface area contributed by atoms with Crippen molar-refractivity contribution >= 4 is 23.9 Å². The Hall–Kier alpha value is -3.64. The number of carbonyl (C=O) groups excluding carboxylic acids is 4. The van der Waals surface area contributed by atoms with E-state index in [1.54, 1.807) is 20.8 Å². The Bertz CT molecular complexity index is 1320. The van der Waals surface area contributed by atoms with Crippen molar-refractivity contribution in [3.8, 4) is 0 Å². The van der Waals surface area contributed by atoms with Crippen LogP contribution in [0.15, 0.2) is 60.7 Å². The molecule has 1 aliphatic rings. The molecule has 3 rings (SSSR count). The summed E-state index contributed by atoms with van der Waals surface area (Å²) < 4.78 is 10.9. The summed E-state index contributed by atoms with van der Waals surface area (Å²) in [7, 11) is 0. The number of amides is 3. The molecule has 1 fully saturated rings. The van der Waals surface area contributed by atoms with Gasteiger partial charge >= 0.3 is 18.0 Å². The summed E-state index contributed by atoms with van der Waals surface area (Å²) in [6.45, 7) is 12.0. The van der Waals surface area contributed by atoms with Gasteiger partial charge in [0, 0.05) is 13.0 Å². The molecule has 2 aromatic rings. The Kier molecular flexibility index (Phi) is 15.2. The summed E-state index contributed by atoms with van der Waals surface area (Å²) in [6, 6.07) is 17.9. The first-order valence-corrected chi connectivity index (χ1v) is 17.1. The highest BCUT2D eigenvalue weighted by Crippen LogP contribution is 2.29. The fraction of sp³-hybridized carbons (Fsp3) is 0.568. The smallest absolute Gasteiger partial charge is 0.459 e. The maximum absolute atomic E-state index is 14.9. The van der Waals surface area contributed by atoms with Crippen molar-refractivity contribution in [2.75, 3.05) is 19.6 Å². The quantitative estimate of drug-likeness (QED) is 0.0934. The molecule has 0 unspecified atom stereocenters. The molecule has 1 heterocycles. The van der Waals surface area contributed by atoms with Gasteiger partial charge in [-0.2, -0.15) is 4.79 Å². The molecule has 0 saturated carbocycles. The van der Waals surface area contributed by atoms with E-state index >= 15 is 0 Å².